The van der Waals surface area contributed by atoms with Crippen LogP contribution in [-0.4, -0.2) is 17.9 Å². The topological polar surface area (TPSA) is 54.0 Å². The zero-order valence-electron chi connectivity index (χ0n) is 14.6. The van der Waals surface area contributed by atoms with Gasteiger partial charge in [0, 0.05) is 0 Å². The number of hydrogen-bond acceptors (Lipinski definition) is 5. The summed E-state index contributed by atoms with van der Waals surface area (Å²) in [5.41, 5.74) is 0.885. The maximum atomic E-state index is 10.7. The van der Waals surface area contributed by atoms with Gasteiger partial charge in [0.15, 0.2) is 0 Å². The van der Waals surface area contributed by atoms with Crippen molar-refractivity contribution in [2.24, 2.45) is 0 Å². The van der Waals surface area contributed by atoms with E-state index in [9.17, 15) is 4.79 Å². The van der Waals surface area contributed by atoms with Gasteiger partial charge in [-0.1, -0.05) is 44.2 Å². The van der Waals surface area contributed by atoms with Crippen molar-refractivity contribution in [1.29, 1.82) is 0 Å². The number of hydrogen-bond donors (Lipinski definition) is 0. The molecule has 1 aromatic carbocycles. The standard InChI is InChI=1S/C9H12.C8H16O5/c1-8(2)9-6-4-3-5-7-9;1-6(2)10-7(9)11-13-12-8(3,4)5/h3-8H,1-2H3;6H,1-5H3. The summed E-state index contributed by atoms with van der Waals surface area (Å²) >= 11 is 0. The third-order valence-corrected chi connectivity index (χ3v) is 2.18. The summed E-state index contributed by atoms with van der Waals surface area (Å²) in [6.07, 6.45) is -1.16. The third kappa shape index (κ3) is 12.2. The molecule has 0 aliphatic rings. The van der Waals surface area contributed by atoms with Crippen LogP contribution in [0.1, 0.15) is 59.9 Å². The van der Waals surface area contributed by atoms with E-state index >= 15 is 0 Å². The Morgan fingerprint density at radius 2 is 1.55 bits per heavy atom. The van der Waals surface area contributed by atoms with Gasteiger partial charge in [0.05, 0.1) is 11.7 Å². The molecule has 0 radical (unpaired) electrons. The highest BCUT2D eigenvalue weighted by Crippen LogP contribution is 2.11. The first kappa shape index (κ1) is 20.4. The van der Waals surface area contributed by atoms with Gasteiger partial charge in [-0.25, -0.2) is 9.68 Å². The molecule has 126 valence electrons. The molecule has 0 amide bonds. The van der Waals surface area contributed by atoms with Crippen LogP contribution in [0.5, 0.6) is 0 Å². The molecule has 1 aromatic rings. The van der Waals surface area contributed by atoms with E-state index in [0.717, 1.165) is 0 Å². The number of rotatable bonds is 4. The van der Waals surface area contributed by atoms with Crippen molar-refractivity contribution < 1.29 is 24.3 Å². The molecule has 1 rings (SSSR count). The molecule has 0 aliphatic heterocycles. The van der Waals surface area contributed by atoms with Crippen LogP contribution in [0.25, 0.3) is 0 Å². The number of benzene rings is 1. The highest BCUT2D eigenvalue weighted by atomic mass is 17.5. The molecule has 0 aromatic heterocycles. The lowest BCUT2D eigenvalue weighted by Crippen LogP contribution is -2.21. The number of ether oxygens (including phenoxy) is 1. The van der Waals surface area contributed by atoms with E-state index in [0.29, 0.717) is 5.92 Å². The molecule has 0 aliphatic carbocycles. The van der Waals surface area contributed by atoms with Crippen LogP contribution in [0.15, 0.2) is 30.3 Å². The number of carbonyl (C=O) groups is 1. The second-order valence-electron chi connectivity index (χ2n) is 6.33. The smallest absolute Gasteiger partial charge is 0.430 e. The van der Waals surface area contributed by atoms with Crippen LogP contribution in [0.3, 0.4) is 0 Å². The highest BCUT2D eigenvalue weighted by Gasteiger charge is 2.15. The Morgan fingerprint density at radius 1 is 1.00 bits per heavy atom. The molecule has 0 bridgehead atoms. The summed E-state index contributed by atoms with van der Waals surface area (Å²) in [5, 5.41) is 4.19. The quantitative estimate of drug-likeness (QED) is 0.444. The van der Waals surface area contributed by atoms with Gasteiger partial charge < -0.3 is 4.74 Å². The van der Waals surface area contributed by atoms with Crippen LogP contribution < -0.4 is 0 Å². The molecule has 22 heavy (non-hydrogen) atoms. The van der Waals surface area contributed by atoms with Gasteiger partial charge in [0.1, 0.15) is 0 Å². The Hall–Kier alpha value is -1.59. The summed E-state index contributed by atoms with van der Waals surface area (Å²) in [6.45, 7) is 13.1. The summed E-state index contributed by atoms with van der Waals surface area (Å²) < 4.78 is 4.60. The molecule has 0 spiro atoms. The summed E-state index contributed by atoms with van der Waals surface area (Å²) in [6, 6.07) is 10.5. The first-order valence-corrected chi connectivity index (χ1v) is 7.39. The van der Waals surface area contributed by atoms with E-state index in [4.69, 9.17) is 0 Å². The van der Waals surface area contributed by atoms with Crippen LogP contribution in [0, 0.1) is 0 Å². The van der Waals surface area contributed by atoms with Gasteiger partial charge in [-0.3, -0.25) is 0 Å². The van der Waals surface area contributed by atoms with Gasteiger partial charge in [-0.05, 0) is 51.1 Å². The van der Waals surface area contributed by atoms with E-state index in [-0.39, 0.29) is 6.10 Å². The molecule has 0 saturated carbocycles. The van der Waals surface area contributed by atoms with E-state index in [2.05, 4.69) is 57.7 Å². The van der Waals surface area contributed by atoms with Crippen molar-refractivity contribution in [2.45, 2.75) is 66.1 Å². The van der Waals surface area contributed by atoms with Crippen molar-refractivity contribution in [3.05, 3.63) is 35.9 Å². The molecule has 0 atom stereocenters. The lowest BCUT2D eigenvalue weighted by atomic mass is 10.0. The fraction of sp³-hybridized carbons (Fsp3) is 0.588. The predicted molar refractivity (Wildman–Crippen MR) is 85.2 cm³/mol. The van der Waals surface area contributed by atoms with Crippen molar-refractivity contribution >= 4 is 6.16 Å². The summed E-state index contributed by atoms with van der Waals surface area (Å²) in [4.78, 5) is 19.5. The fourth-order valence-electron chi connectivity index (χ4n) is 1.20. The molecule has 0 heterocycles. The van der Waals surface area contributed by atoms with Crippen LogP contribution >= 0.6 is 0 Å². The van der Waals surface area contributed by atoms with Crippen LogP contribution in [-0.2, 0) is 19.6 Å². The van der Waals surface area contributed by atoms with Gasteiger partial charge in [0.2, 0.25) is 0 Å². The van der Waals surface area contributed by atoms with Crippen molar-refractivity contribution in [3.63, 3.8) is 0 Å². The Kier molecular flexibility index (Phi) is 9.45. The molecular weight excluding hydrogens is 284 g/mol. The zero-order valence-corrected chi connectivity index (χ0v) is 14.6. The predicted octanol–water partition coefficient (Wildman–Crippen LogP) is 5.02. The fourth-order valence-corrected chi connectivity index (χ4v) is 1.20. The van der Waals surface area contributed by atoms with Gasteiger partial charge >= 0.3 is 6.16 Å². The van der Waals surface area contributed by atoms with E-state index in [1.807, 2.05) is 6.07 Å². The monoisotopic (exact) mass is 312 g/mol. The molecule has 0 fully saturated rings. The maximum Gasteiger partial charge on any atom is 0.542 e. The average Bonchev–Trinajstić information content (AvgIpc) is 2.38. The molecule has 0 saturated heterocycles. The minimum atomic E-state index is -0.917. The second-order valence-corrected chi connectivity index (χ2v) is 6.33. The second kappa shape index (κ2) is 10.2. The average molecular weight is 312 g/mol. The lowest BCUT2D eigenvalue weighted by Gasteiger charge is -2.15. The van der Waals surface area contributed by atoms with Crippen molar-refractivity contribution in [1.82, 2.24) is 0 Å². The summed E-state index contributed by atoms with van der Waals surface area (Å²) in [7, 11) is 0. The van der Waals surface area contributed by atoms with Gasteiger partial charge in [-0.15, -0.1) is 0 Å². The minimum absolute atomic E-state index is 0.245. The minimum Gasteiger partial charge on any atom is -0.430 e. The van der Waals surface area contributed by atoms with Gasteiger partial charge in [0.25, 0.3) is 0 Å². The first-order chi connectivity index (χ1) is 10.1. The van der Waals surface area contributed by atoms with Crippen LogP contribution in [0.2, 0.25) is 0 Å². The maximum absolute atomic E-state index is 10.7. The molecule has 5 heteroatoms. The van der Waals surface area contributed by atoms with E-state index in [1.165, 1.54) is 5.56 Å². The molecule has 0 unspecified atom stereocenters. The Balaban J connectivity index is 0.000000425. The first-order valence-electron chi connectivity index (χ1n) is 7.39. The SMILES string of the molecule is CC(C)OC(=O)OOOC(C)(C)C.CC(C)c1ccccc1. The Labute approximate surface area is 133 Å². The van der Waals surface area contributed by atoms with E-state index < -0.39 is 11.8 Å². The van der Waals surface area contributed by atoms with Crippen molar-refractivity contribution in [2.75, 3.05) is 0 Å². The van der Waals surface area contributed by atoms with E-state index in [1.54, 1.807) is 34.6 Å². The number of carbonyl (C=O) groups excluding carboxylic acids is 1. The largest absolute Gasteiger partial charge is 0.542 e. The Bertz CT molecular complexity index is 407. The van der Waals surface area contributed by atoms with Crippen molar-refractivity contribution in [3.8, 4) is 0 Å². The molecule has 5 nitrogen and oxygen atoms in total. The molecular formula is C17H28O5. The highest BCUT2D eigenvalue weighted by molar-refractivity contribution is 5.59. The molecule has 0 N–H and O–H groups in total. The summed E-state index contributed by atoms with van der Waals surface area (Å²) in [5.74, 6) is 0.659. The third-order valence-electron chi connectivity index (χ3n) is 2.18. The van der Waals surface area contributed by atoms with Crippen LogP contribution in [0.4, 0.5) is 4.79 Å². The zero-order chi connectivity index (χ0) is 17.2. The Morgan fingerprint density at radius 3 is 1.91 bits per heavy atom. The normalized spacial score (nSPS) is 11.0. The lowest BCUT2D eigenvalue weighted by molar-refractivity contribution is -0.514. The van der Waals surface area contributed by atoms with Gasteiger partial charge in [-0.2, -0.15) is 4.89 Å².